The quantitative estimate of drug-likeness (QED) is 0.871. The number of rotatable bonds is 6. The third-order valence-electron chi connectivity index (χ3n) is 3.32. The van der Waals surface area contributed by atoms with Crippen molar-refractivity contribution >= 4 is 5.91 Å². The molecule has 1 aromatic carbocycles. The molecule has 2 aromatic rings. The summed E-state index contributed by atoms with van der Waals surface area (Å²) in [6.45, 7) is 5.42. The lowest BCUT2D eigenvalue weighted by molar-refractivity contribution is -0.121. The number of aromatic nitrogens is 3. The summed E-state index contributed by atoms with van der Waals surface area (Å²) >= 11 is 0. The van der Waals surface area contributed by atoms with Crippen molar-refractivity contribution in [1.29, 1.82) is 0 Å². The Morgan fingerprint density at radius 3 is 2.70 bits per heavy atom. The molecule has 20 heavy (non-hydrogen) atoms. The first-order chi connectivity index (χ1) is 9.58. The SMILES string of the molecule is CC(C)(CNC(=O)CCn1cncn1)c1ccccc1. The smallest absolute Gasteiger partial charge is 0.221 e. The number of nitrogens with zero attached hydrogens (tertiary/aromatic N) is 3. The highest BCUT2D eigenvalue weighted by Gasteiger charge is 2.20. The van der Waals surface area contributed by atoms with E-state index in [9.17, 15) is 4.79 Å². The molecule has 106 valence electrons. The molecule has 0 unspecified atom stereocenters. The standard InChI is InChI=1S/C15H20N4O/c1-15(2,13-6-4-3-5-7-13)10-17-14(20)8-9-19-12-16-11-18-19/h3-7,11-12H,8-10H2,1-2H3,(H,17,20). The highest BCUT2D eigenvalue weighted by molar-refractivity contribution is 5.75. The van der Waals surface area contributed by atoms with E-state index in [2.05, 4.69) is 41.4 Å². The van der Waals surface area contributed by atoms with Gasteiger partial charge >= 0.3 is 0 Å². The summed E-state index contributed by atoms with van der Waals surface area (Å²) in [5.41, 5.74) is 1.14. The van der Waals surface area contributed by atoms with Crippen LogP contribution >= 0.6 is 0 Å². The number of benzene rings is 1. The molecule has 5 heteroatoms. The Balaban J connectivity index is 1.80. The van der Waals surface area contributed by atoms with Gasteiger partial charge in [-0.1, -0.05) is 44.2 Å². The fourth-order valence-electron chi connectivity index (χ4n) is 1.96. The summed E-state index contributed by atoms with van der Waals surface area (Å²) in [5, 5.41) is 6.95. The molecule has 0 spiro atoms. The summed E-state index contributed by atoms with van der Waals surface area (Å²) in [5.74, 6) is 0.0320. The molecule has 1 heterocycles. The van der Waals surface area contributed by atoms with Crippen LogP contribution in [0.2, 0.25) is 0 Å². The van der Waals surface area contributed by atoms with Crippen LogP contribution < -0.4 is 5.32 Å². The van der Waals surface area contributed by atoms with Gasteiger partial charge in [-0.25, -0.2) is 4.98 Å². The number of carbonyl (C=O) groups excluding carboxylic acids is 1. The summed E-state index contributed by atoms with van der Waals surface area (Å²) in [7, 11) is 0. The third-order valence-corrected chi connectivity index (χ3v) is 3.32. The van der Waals surface area contributed by atoms with E-state index in [1.165, 1.54) is 11.9 Å². The van der Waals surface area contributed by atoms with Gasteiger partial charge < -0.3 is 5.32 Å². The van der Waals surface area contributed by atoms with Gasteiger partial charge in [0.15, 0.2) is 0 Å². The zero-order valence-electron chi connectivity index (χ0n) is 11.9. The van der Waals surface area contributed by atoms with Crippen LogP contribution in [0.25, 0.3) is 0 Å². The molecule has 1 amide bonds. The largest absolute Gasteiger partial charge is 0.355 e. The minimum absolute atomic E-state index is 0.0320. The predicted molar refractivity (Wildman–Crippen MR) is 77.1 cm³/mol. The molecule has 2 rings (SSSR count). The summed E-state index contributed by atoms with van der Waals surface area (Å²) in [6.07, 6.45) is 3.49. The average Bonchev–Trinajstić information content (AvgIpc) is 2.97. The second-order valence-corrected chi connectivity index (χ2v) is 5.44. The van der Waals surface area contributed by atoms with Crippen LogP contribution in [0.3, 0.4) is 0 Å². The van der Waals surface area contributed by atoms with Gasteiger partial charge in [0.25, 0.3) is 0 Å². The molecular formula is C15H20N4O. The Hall–Kier alpha value is -2.17. The molecule has 0 aliphatic carbocycles. The zero-order chi connectivity index (χ0) is 14.4. The van der Waals surface area contributed by atoms with Crippen molar-refractivity contribution < 1.29 is 4.79 Å². The number of amides is 1. The molecule has 0 aliphatic heterocycles. The first kappa shape index (κ1) is 14.2. The second kappa shape index (κ2) is 6.32. The maximum atomic E-state index is 11.8. The van der Waals surface area contributed by atoms with Crippen LogP contribution in [-0.4, -0.2) is 27.2 Å². The Morgan fingerprint density at radius 2 is 2.05 bits per heavy atom. The normalized spacial score (nSPS) is 11.3. The van der Waals surface area contributed by atoms with E-state index in [0.29, 0.717) is 19.5 Å². The first-order valence-electron chi connectivity index (χ1n) is 6.72. The van der Waals surface area contributed by atoms with Gasteiger partial charge in [0.2, 0.25) is 5.91 Å². The van der Waals surface area contributed by atoms with Crippen LogP contribution in [-0.2, 0) is 16.8 Å². The fraction of sp³-hybridized carbons (Fsp3) is 0.400. The van der Waals surface area contributed by atoms with E-state index in [1.54, 1.807) is 11.0 Å². The van der Waals surface area contributed by atoms with Crippen molar-refractivity contribution in [2.24, 2.45) is 0 Å². The van der Waals surface area contributed by atoms with E-state index in [4.69, 9.17) is 0 Å². The van der Waals surface area contributed by atoms with Crippen LogP contribution in [0, 0.1) is 0 Å². The van der Waals surface area contributed by atoms with Gasteiger partial charge in [-0.05, 0) is 5.56 Å². The summed E-state index contributed by atoms with van der Waals surface area (Å²) in [4.78, 5) is 15.7. The molecule has 1 aromatic heterocycles. The molecule has 1 N–H and O–H groups in total. The Labute approximate surface area is 119 Å². The number of hydrogen-bond donors (Lipinski definition) is 1. The highest BCUT2D eigenvalue weighted by Crippen LogP contribution is 2.21. The van der Waals surface area contributed by atoms with Gasteiger partial charge in [0, 0.05) is 18.4 Å². The average molecular weight is 272 g/mol. The van der Waals surface area contributed by atoms with E-state index >= 15 is 0 Å². The molecule has 0 atom stereocenters. The van der Waals surface area contributed by atoms with Crippen molar-refractivity contribution in [3.8, 4) is 0 Å². The zero-order valence-corrected chi connectivity index (χ0v) is 11.9. The van der Waals surface area contributed by atoms with Crippen LogP contribution in [0.4, 0.5) is 0 Å². The molecule has 0 radical (unpaired) electrons. The van der Waals surface area contributed by atoms with E-state index < -0.39 is 0 Å². The molecule has 0 aliphatic rings. The van der Waals surface area contributed by atoms with Crippen molar-refractivity contribution in [2.75, 3.05) is 6.54 Å². The lowest BCUT2D eigenvalue weighted by Gasteiger charge is -2.25. The summed E-state index contributed by atoms with van der Waals surface area (Å²) < 4.78 is 1.65. The maximum absolute atomic E-state index is 11.8. The fourth-order valence-corrected chi connectivity index (χ4v) is 1.96. The first-order valence-corrected chi connectivity index (χ1v) is 6.72. The molecular weight excluding hydrogens is 252 g/mol. The van der Waals surface area contributed by atoms with Gasteiger partial charge in [-0.2, -0.15) is 5.10 Å². The van der Waals surface area contributed by atoms with Crippen LogP contribution in [0.5, 0.6) is 0 Å². The Kier molecular flexibility index (Phi) is 4.50. The topological polar surface area (TPSA) is 59.8 Å². The van der Waals surface area contributed by atoms with Gasteiger partial charge in [-0.3, -0.25) is 9.48 Å². The monoisotopic (exact) mass is 272 g/mol. The Morgan fingerprint density at radius 1 is 1.30 bits per heavy atom. The van der Waals surface area contributed by atoms with Crippen molar-refractivity contribution in [3.63, 3.8) is 0 Å². The number of carbonyl (C=O) groups is 1. The second-order valence-electron chi connectivity index (χ2n) is 5.44. The van der Waals surface area contributed by atoms with Crippen molar-refractivity contribution in [3.05, 3.63) is 48.5 Å². The van der Waals surface area contributed by atoms with Gasteiger partial charge in [0.1, 0.15) is 12.7 Å². The predicted octanol–water partition coefficient (Wildman–Crippen LogP) is 1.76. The molecule has 0 saturated carbocycles. The Bertz CT molecular complexity index is 534. The molecule has 5 nitrogen and oxygen atoms in total. The number of nitrogens with one attached hydrogen (secondary N) is 1. The lowest BCUT2D eigenvalue weighted by atomic mass is 9.84. The number of hydrogen-bond acceptors (Lipinski definition) is 3. The highest BCUT2D eigenvalue weighted by atomic mass is 16.1. The molecule has 0 saturated heterocycles. The van der Waals surface area contributed by atoms with Gasteiger partial charge in [0.05, 0.1) is 6.54 Å². The lowest BCUT2D eigenvalue weighted by Crippen LogP contribution is -2.37. The molecule has 0 bridgehead atoms. The van der Waals surface area contributed by atoms with Crippen LogP contribution in [0.15, 0.2) is 43.0 Å². The van der Waals surface area contributed by atoms with Gasteiger partial charge in [-0.15, -0.1) is 0 Å². The maximum Gasteiger partial charge on any atom is 0.221 e. The third kappa shape index (κ3) is 3.91. The van der Waals surface area contributed by atoms with Crippen molar-refractivity contribution in [2.45, 2.75) is 32.2 Å². The number of aryl methyl sites for hydroxylation is 1. The minimum Gasteiger partial charge on any atom is -0.355 e. The van der Waals surface area contributed by atoms with Crippen molar-refractivity contribution in [1.82, 2.24) is 20.1 Å². The summed E-state index contributed by atoms with van der Waals surface area (Å²) in [6, 6.07) is 10.2. The van der Waals surface area contributed by atoms with E-state index in [-0.39, 0.29) is 11.3 Å². The van der Waals surface area contributed by atoms with Crippen LogP contribution in [0.1, 0.15) is 25.8 Å². The van der Waals surface area contributed by atoms with E-state index in [0.717, 1.165) is 0 Å². The molecule has 0 fully saturated rings. The minimum atomic E-state index is -0.0792. The van der Waals surface area contributed by atoms with E-state index in [1.807, 2.05) is 18.2 Å².